The molecule has 0 spiro atoms. The second-order valence-corrected chi connectivity index (χ2v) is 4.89. The van der Waals surface area contributed by atoms with E-state index in [2.05, 4.69) is 19.5 Å². The molecule has 0 aromatic heterocycles. The normalized spacial score (nSPS) is 12.5. The van der Waals surface area contributed by atoms with Crippen molar-refractivity contribution < 1.29 is 37.8 Å². The summed E-state index contributed by atoms with van der Waals surface area (Å²) in [6.07, 6.45) is -0.521. The SMILES string of the molecule is COC(=O)C[C@H](C(=O)OC)[C@@H](NC(=O)c1cccc(F)c1)C(=O)OC. The van der Waals surface area contributed by atoms with Crippen molar-refractivity contribution in [2.75, 3.05) is 21.3 Å². The fourth-order valence-electron chi connectivity index (χ4n) is 2.06. The molecule has 0 bridgehead atoms. The number of esters is 3. The maximum absolute atomic E-state index is 13.2. The van der Waals surface area contributed by atoms with Gasteiger partial charge in [0, 0.05) is 5.56 Å². The molecule has 0 radical (unpaired) electrons. The van der Waals surface area contributed by atoms with Gasteiger partial charge in [-0.25, -0.2) is 9.18 Å². The van der Waals surface area contributed by atoms with Crippen LogP contribution in [0, 0.1) is 11.7 Å². The summed E-state index contributed by atoms with van der Waals surface area (Å²) in [6.45, 7) is 0. The van der Waals surface area contributed by atoms with Crippen molar-refractivity contribution >= 4 is 23.8 Å². The van der Waals surface area contributed by atoms with Crippen LogP contribution in [0.5, 0.6) is 0 Å². The first kappa shape index (κ1) is 20.1. The van der Waals surface area contributed by atoms with Gasteiger partial charge in [0.2, 0.25) is 0 Å². The van der Waals surface area contributed by atoms with E-state index < -0.39 is 48.0 Å². The molecule has 136 valence electrons. The predicted molar refractivity (Wildman–Crippen MR) is 81.8 cm³/mol. The topological polar surface area (TPSA) is 108 Å². The van der Waals surface area contributed by atoms with Crippen LogP contribution in [-0.2, 0) is 28.6 Å². The number of hydrogen-bond acceptors (Lipinski definition) is 7. The van der Waals surface area contributed by atoms with Gasteiger partial charge in [0.15, 0.2) is 0 Å². The van der Waals surface area contributed by atoms with Gasteiger partial charge in [-0.2, -0.15) is 0 Å². The summed E-state index contributed by atoms with van der Waals surface area (Å²) >= 11 is 0. The molecule has 9 heteroatoms. The molecular formula is C16H18FNO7. The van der Waals surface area contributed by atoms with Crippen molar-refractivity contribution in [3.05, 3.63) is 35.6 Å². The average Bonchev–Trinajstić information content (AvgIpc) is 2.62. The van der Waals surface area contributed by atoms with Crippen molar-refractivity contribution in [2.24, 2.45) is 5.92 Å². The maximum atomic E-state index is 13.2. The highest BCUT2D eigenvalue weighted by Gasteiger charge is 2.38. The van der Waals surface area contributed by atoms with Crippen LogP contribution in [0.15, 0.2) is 24.3 Å². The van der Waals surface area contributed by atoms with E-state index in [1.165, 1.54) is 12.1 Å². The van der Waals surface area contributed by atoms with Crippen LogP contribution in [0.25, 0.3) is 0 Å². The van der Waals surface area contributed by atoms with Crippen molar-refractivity contribution in [1.29, 1.82) is 0 Å². The van der Waals surface area contributed by atoms with Gasteiger partial charge in [0.25, 0.3) is 5.91 Å². The molecule has 0 heterocycles. The van der Waals surface area contributed by atoms with Gasteiger partial charge in [-0.05, 0) is 18.2 Å². The Morgan fingerprint density at radius 1 is 1.04 bits per heavy atom. The Morgan fingerprint density at radius 3 is 2.20 bits per heavy atom. The lowest BCUT2D eigenvalue weighted by molar-refractivity contribution is -0.158. The molecular weight excluding hydrogens is 337 g/mol. The van der Waals surface area contributed by atoms with Crippen molar-refractivity contribution in [2.45, 2.75) is 12.5 Å². The second-order valence-electron chi connectivity index (χ2n) is 4.89. The highest BCUT2D eigenvalue weighted by Crippen LogP contribution is 2.15. The minimum Gasteiger partial charge on any atom is -0.469 e. The van der Waals surface area contributed by atoms with Crippen LogP contribution in [-0.4, -0.2) is 51.2 Å². The van der Waals surface area contributed by atoms with Crippen LogP contribution in [0.3, 0.4) is 0 Å². The number of carbonyl (C=O) groups is 4. The van der Waals surface area contributed by atoms with Gasteiger partial charge >= 0.3 is 17.9 Å². The number of nitrogens with one attached hydrogen (secondary N) is 1. The van der Waals surface area contributed by atoms with Gasteiger partial charge in [0.05, 0.1) is 33.7 Å². The third-order valence-electron chi connectivity index (χ3n) is 3.35. The maximum Gasteiger partial charge on any atom is 0.329 e. The molecule has 0 aliphatic rings. The Morgan fingerprint density at radius 2 is 1.68 bits per heavy atom. The fourth-order valence-corrected chi connectivity index (χ4v) is 2.06. The smallest absolute Gasteiger partial charge is 0.329 e. The van der Waals surface area contributed by atoms with Crippen molar-refractivity contribution in [3.8, 4) is 0 Å². The zero-order valence-electron chi connectivity index (χ0n) is 13.9. The molecule has 0 unspecified atom stereocenters. The molecule has 0 saturated carbocycles. The van der Waals surface area contributed by atoms with Gasteiger partial charge in [0.1, 0.15) is 11.9 Å². The molecule has 1 rings (SSSR count). The molecule has 0 aliphatic heterocycles. The van der Waals surface area contributed by atoms with E-state index in [4.69, 9.17) is 0 Å². The molecule has 8 nitrogen and oxygen atoms in total. The molecule has 1 amide bonds. The van der Waals surface area contributed by atoms with Crippen LogP contribution in [0.1, 0.15) is 16.8 Å². The van der Waals surface area contributed by atoms with Crippen LogP contribution in [0.4, 0.5) is 4.39 Å². The number of methoxy groups -OCH3 is 3. The van der Waals surface area contributed by atoms with E-state index in [1.54, 1.807) is 0 Å². The summed E-state index contributed by atoms with van der Waals surface area (Å²) in [4.78, 5) is 47.7. The van der Waals surface area contributed by atoms with E-state index in [0.29, 0.717) is 0 Å². The van der Waals surface area contributed by atoms with E-state index >= 15 is 0 Å². The quantitative estimate of drug-likeness (QED) is 0.559. The zero-order valence-corrected chi connectivity index (χ0v) is 13.9. The number of benzene rings is 1. The largest absolute Gasteiger partial charge is 0.469 e. The molecule has 25 heavy (non-hydrogen) atoms. The molecule has 0 aliphatic carbocycles. The summed E-state index contributed by atoms with van der Waals surface area (Å²) in [5, 5.41) is 2.27. The third kappa shape index (κ3) is 5.55. The number of amides is 1. The summed E-state index contributed by atoms with van der Waals surface area (Å²) in [5.41, 5.74) is -0.0735. The minimum atomic E-state index is -1.52. The molecule has 2 atom stereocenters. The Bertz CT molecular complexity index is 662. The number of halogens is 1. The molecule has 1 aromatic carbocycles. The Balaban J connectivity index is 3.11. The highest BCUT2D eigenvalue weighted by atomic mass is 19.1. The van der Waals surface area contributed by atoms with Crippen LogP contribution in [0.2, 0.25) is 0 Å². The Labute approximate surface area is 143 Å². The molecule has 0 fully saturated rings. The lowest BCUT2D eigenvalue weighted by atomic mass is 9.95. The van der Waals surface area contributed by atoms with Gasteiger partial charge in [-0.3, -0.25) is 14.4 Å². The van der Waals surface area contributed by atoms with Crippen molar-refractivity contribution in [1.82, 2.24) is 5.32 Å². The lowest BCUT2D eigenvalue weighted by Crippen LogP contribution is -2.50. The molecule has 1 N–H and O–H groups in total. The number of hydrogen-bond donors (Lipinski definition) is 1. The van der Waals surface area contributed by atoms with E-state index in [0.717, 1.165) is 33.5 Å². The third-order valence-corrected chi connectivity index (χ3v) is 3.35. The number of rotatable bonds is 7. The van der Waals surface area contributed by atoms with E-state index in [-0.39, 0.29) is 5.56 Å². The van der Waals surface area contributed by atoms with Crippen LogP contribution < -0.4 is 5.32 Å². The summed E-state index contributed by atoms with van der Waals surface area (Å²) in [6, 6.07) is 3.21. The summed E-state index contributed by atoms with van der Waals surface area (Å²) in [5.74, 6) is -5.52. The Hall–Kier alpha value is -2.97. The minimum absolute atomic E-state index is 0.0735. The Kier molecular flexibility index (Phi) is 7.51. The van der Waals surface area contributed by atoms with E-state index in [9.17, 15) is 23.6 Å². The average molecular weight is 355 g/mol. The fraction of sp³-hybridized carbons (Fsp3) is 0.375. The number of carbonyl (C=O) groups excluding carboxylic acids is 4. The molecule has 1 aromatic rings. The molecule has 0 saturated heterocycles. The number of ether oxygens (including phenoxy) is 3. The first-order valence-electron chi connectivity index (χ1n) is 7.13. The van der Waals surface area contributed by atoms with Gasteiger partial charge in [-0.1, -0.05) is 6.07 Å². The van der Waals surface area contributed by atoms with Crippen LogP contribution >= 0.6 is 0 Å². The standard InChI is InChI=1S/C16H18FNO7/c1-23-12(19)8-11(15(21)24-2)13(16(22)25-3)18-14(20)9-5-4-6-10(17)7-9/h4-7,11,13H,8H2,1-3H3,(H,18,20)/t11-,13+/m0/s1. The van der Waals surface area contributed by atoms with E-state index in [1.807, 2.05) is 0 Å². The second kappa shape index (κ2) is 9.36. The van der Waals surface area contributed by atoms with Gasteiger partial charge in [-0.15, -0.1) is 0 Å². The monoisotopic (exact) mass is 355 g/mol. The predicted octanol–water partition coefficient (Wildman–Crippen LogP) is 0.449. The highest BCUT2D eigenvalue weighted by molar-refractivity contribution is 5.98. The van der Waals surface area contributed by atoms with Crippen molar-refractivity contribution in [3.63, 3.8) is 0 Å². The first-order chi connectivity index (χ1) is 11.8. The lowest BCUT2D eigenvalue weighted by Gasteiger charge is -2.23. The first-order valence-corrected chi connectivity index (χ1v) is 7.13. The zero-order chi connectivity index (χ0) is 19.0. The summed E-state index contributed by atoms with van der Waals surface area (Å²) < 4.78 is 26.9. The summed E-state index contributed by atoms with van der Waals surface area (Å²) in [7, 11) is 3.22. The van der Waals surface area contributed by atoms with Gasteiger partial charge < -0.3 is 19.5 Å².